The minimum absolute atomic E-state index is 0.0725. The Balaban J connectivity index is 1.59. The zero-order valence-corrected chi connectivity index (χ0v) is 27.0. The van der Waals surface area contributed by atoms with Crippen molar-refractivity contribution in [1.82, 2.24) is 25.2 Å². The second-order valence-electron chi connectivity index (χ2n) is 11.7. The van der Waals surface area contributed by atoms with E-state index >= 15 is 0 Å². The summed E-state index contributed by atoms with van der Waals surface area (Å²) >= 11 is 6.45. The zero-order chi connectivity index (χ0) is 34.9. The number of carboxylic acid groups (broad SMARTS) is 1. The molecule has 3 aromatic rings. The number of benzene rings is 2. The average Bonchev–Trinajstić information content (AvgIpc) is 3.02. The molecule has 4 N–H and O–H groups in total. The van der Waals surface area contributed by atoms with Crippen LogP contribution >= 0.6 is 11.6 Å². The standard InChI is InChI=1S/C31H35ClF3N7O6/c1-30(2)16-37-26(46)20-5-7-21(8-6-20)38-28-39-27(40-29(41-28)48-18-31(33,34)35)36-15-19-4-9-23(22(32)14-19)47-13-3-12-42(17-30)24(43)10-11-25(44)45/h4-9,14H,3,10-13,15-18H2,1-2H3,(H,37,46)(H,44,45)(H2,36,38,39,40,41). The number of aromatic nitrogens is 3. The number of hydrogen-bond acceptors (Lipinski definition) is 10. The van der Waals surface area contributed by atoms with Gasteiger partial charge in [-0.05, 0) is 53.8 Å². The highest BCUT2D eigenvalue weighted by molar-refractivity contribution is 6.32. The summed E-state index contributed by atoms with van der Waals surface area (Å²) in [4.78, 5) is 50.8. The summed E-state index contributed by atoms with van der Waals surface area (Å²) in [6, 6.07) is 10.7. The van der Waals surface area contributed by atoms with E-state index < -0.39 is 30.2 Å². The first-order chi connectivity index (χ1) is 22.7. The van der Waals surface area contributed by atoms with Crippen LogP contribution in [0.4, 0.5) is 30.8 Å². The van der Waals surface area contributed by atoms with Crippen LogP contribution in [0.25, 0.3) is 0 Å². The van der Waals surface area contributed by atoms with Gasteiger partial charge in [-0.2, -0.15) is 28.1 Å². The molecule has 4 aliphatic heterocycles. The first-order valence-corrected chi connectivity index (χ1v) is 15.3. The maximum absolute atomic E-state index is 13.0. The van der Waals surface area contributed by atoms with Crippen LogP contribution in [0.1, 0.15) is 49.0 Å². The summed E-state index contributed by atoms with van der Waals surface area (Å²) in [5.74, 6) is -1.56. The fourth-order valence-corrected chi connectivity index (χ4v) is 4.84. The number of nitrogens with zero attached hydrogens (tertiary/aromatic N) is 4. The molecule has 0 radical (unpaired) electrons. The van der Waals surface area contributed by atoms with Gasteiger partial charge in [-0.1, -0.05) is 31.5 Å². The summed E-state index contributed by atoms with van der Waals surface area (Å²) in [5.41, 5.74) is 0.855. The highest BCUT2D eigenvalue weighted by atomic mass is 35.5. The van der Waals surface area contributed by atoms with E-state index in [0.29, 0.717) is 34.0 Å². The summed E-state index contributed by atoms with van der Waals surface area (Å²) in [6.45, 7) is 3.23. The maximum Gasteiger partial charge on any atom is 0.422 e. The molecule has 0 unspecified atom stereocenters. The summed E-state index contributed by atoms with van der Waals surface area (Å²) in [7, 11) is 0. The third-order valence-corrected chi connectivity index (χ3v) is 7.21. The highest BCUT2D eigenvalue weighted by Crippen LogP contribution is 2.27. The van der Waals surface area contributed by atoms with Crippen molar-refractivity contribution in [2.24, 2.45) is 5.41 Å². The molecule has 0 saturated carbocycles. The minimum Gasteiger partial charge on any atom is -0.492 e. The molecule has 0 spiro atoms. The monoisotopic (exact) mass is 693 g/mol. The second kappa shape index (κ2) is 15.8. The van der Waals surface area contributed by atoms with Crippen LogP contribution in [-0.4, -0.2) is 81.8 Å². The van der Waals surface area contributed by atoms with Gasteiger partial charge in [0, 0.05) is 43.9 Å². The van der Waals surface area contributed by atoms with E-state index in [1.165, 1.54) is 0 Å². The number of nitrogens with one attached hydrogen (secondary N) is 3. The molecule has 7 rings (SSSR count). The number of aliphatic carboxylic acids is 1. The third-order valence-electron chi connectivity index (χ3n) is 6.91. The van der Waals surface area contributed by atoms with Crippen LogP contribution < -0.4 is 25.4 Å². The van der Waals surface area contributed by atoms with Crippen LogP contribution in [0.15, 0.2) is 42.5 Å². The topological polar surface area (TPSA) is 168 Å². The Morgan fingerprint density at radius 3 is 2.48 bits per heavy atom. The van der Waals surface area contributed by atoms with E-state index in [-0.39, 0.29) is 69.3 Å². The van der Waals surface area contributed by atoms with Gasteiger partial charge in [0.2, 0.25) is 17.8 Å². The van der Waals surface area contributed by atoms with Crippen molar-refractivity contribution >= 4 is 47.0 Å². The van der Waals surface area contributed by atoms with Crippen LogP contribution in [0, 0.1) is 5.41 Å². The fraction of sp³-hybridized carbons (Fsp3) is 0.419. The molecule has 17 heteroatoms. The molecular weight excluding hydrogens is 659 g/mol. The van der Waals surface area contributed by atoms with Crippen molar-refractivity contribution in [2.75, 3.05) is 43.5 Å². The molecule has 2 aromatic carbocycles. The molecule has 0 aliphatic carbocycles. The summed E-state index contributed by atoms with van der Waals surface area (Å²) < 4.78 is 49.1. The van der Waals surface area contributed by atoms with E-state index in [1.54, 1.807) is 47.4 Å². The van der Waals surface area contributed by atoms with E-state index in [4.69, 9.17) is 26.2 Å². The Morgan fingerprint density at radius 2 is 1.79 bits per heavy atom. The molecule has 13 nitrogen and oxygen atoms in total. The highest BCUT2D eigenvalue weighted by Gasteiger charge is 2.29. The number of alkyl halides is 3. The van der Waals surface area contributed by atoms with Gasteiger partial charge in [-0.15, -0.1) is 0 Å². The lowest BCUT2D eigenvalue weighted by molar-refractivity contribution is -0.154. The number of carbonyl (C=O) groups is 3. The molecule has 5 heterocycles. The number of carboxylic acids is 1. The maximum atomic E-state index is 13.0. The van der Waals surface area contributed by atoms with E-state index in [9.17, 15) is 27.6 Å². The first-order valence-electron chi connectivity index (χ1n) is 14.9. The van der Waals surface area contributed by atoms with Crippen molar-refractivity contribution in [1.29, 1.82) is 0 Å². The average molecular weight is 694 g/mol. The van der Waals surface area contributed by atoms with Crippen molar-refractivity contribution < 1.29 is 42.1 Å². The fourth-order valence-electron chi connectivity index (χ4n) is 4.58. The van der Waals surface area contributed by atoms with Gasteiger partial charge in [0.15, 0.2) is 6.61 Å². The van der Waals surface area contributed by atoms with E-state index in [1.807, 2.05) is 13.8 Å². The smallest absolute Gasteiger partial charge is 0.422 e. The van der Waals surface area contributed by atoms with Gasteiger partial charge in [-0.25, -0.2) is 0 Å². The molecular formula is C31H35ClF3N7O6. The van der Waals surface area contributed by atoms with Gasteiger partial charge in [0.1, 0.15) is 5.75 Å². The molecule has 48 heavy (non-hydrogen) atoms. The molecule has 6 bridgehead atoms. The molecule has 1 aromatic heterocycles. The van der Waals surface area contributed by atoms with Gasteiger partial charge in [0.25, 0.3) is 5.91 Å². The van der Waals surface area contributed by atoms with E-state index in [0.717, 1.165) is 0 Å². The zero-order valence-electron chi connectivity index (χ0n) is 26.2. The molecule has 2 amide bonds. The Bertz CT molecular complexity index is 1610. The lowest BCUT2D eigenvalue weighted by Crippen LogP contribution is -2.45. The molecule has 258 valence electrons. The van der Waals surface area contributed by atoms with Crippen molar-refractivity contribution in [3.05, 3.63) is 58.6 Å². The molecule has 4 aliphatic rings. The van der Waals surface area contributed by atoms with Crippen LogP contribution in [0.3, 0.4) is 0 Å². The van der Waals surface area contributed by atoms with Crippen LogP contribution in [0.2, 0.25) is 5.02 Å². The van der Waals surface area contributed by atoms with Gasteiger partial charge in [-0.3, -0.25) is 14.4 Å². The molecule has 0 atom stereocenters. The number of anilines is 3. The quantitative estimate of drug-likeness (QED) is 0.282. The molecule has 0 saturated heterocycles. The Morgan fingerprint density at radius 1 is 1.06 bits per heavy atom. The van der Waals surface area contributed by atoms with Gasteiger partial charge >= 0.3 is 18.2 Å². The largest absolute Gasteiger partial charge is 0.492 e. The number of amides is 2. The minimum atomic E-state index is -4.61. The van der Waals surface area contributed by atoms with Crippen molar-refractivity contribution in [3.63, 3.8) is 0 Å². The van der Waals surface area contributed by atoms with Crippen molar-refractivity contribution in [3.8, 4) is 11.8 Å². The lowest BCUT2D eigenvalue weighted by Gasteiger charge is -2.33. The normalized spacial score (nSPS) is 15.7. The number of ether oxygens (including phenoxy) is 2. The Labute approximate surface area is 279 Å². The number of carbonyl (C=O) groups excluding carboxylic acids is 2. The summed E-state index contributed by atoms with van der Waals surface area (Å²) in [5, 5.41) is 18.1. The third kappa shape index (κ3) is 11.4. The van der Waals surface area contributed by atoms with Crippen LogP contribution in [-0.2, 0) is 16.1 Å². The predicted octanol–water partition coefficient (Wildman–Crippen LogP) is 5.05. The Kier molecular flexibility index (Phi) is 11.9. The number of hydrogen-bond donors (Lipinski definition) is 4. The van der Waals surface area contributed by atoms with Crippen LogP contribution in [0.5, 0.6) is 11.8 Å². The molecule has 0 fully saturated rings. The van der Waals surface area contributed by atoms with Crippen molar-refractivity contribution in [2.45, 2.75) is 45.8 Å². The van der Waals surface area contributed by atoms with Gasteiger partial charge in [0.05, 0.1) is 18.1 Å². The lowest BCUT2D eigenvalue weighted by atomic mass is 9.92. The second-order valence-corrected chi connectivity index (χ2v) is 12.2. The van der Waals surface area contributed by atoms with Gasteiger partial charge < -0.3 is 35.4 Å². The summed E-state index contributed by atoms with van der Waals surface area (Å²) in [6.07, 6.45) is -4.66. The SMILES string of the molecule is CC1(C)CNC(=O)c2ccc(cc2)Nc2nc(nc(OCC(F)(F)F)n2)NCc2ccc(c(Cl)c2)OCCCN(C(=O)CCC(=O)O)C1. The first kappa shape index (κ1) is 36.0. The number of rotatable bonds is 5. The number of halogens is 4. The Hall–Kier alpha value is -4.86. The predicted molar refractivity (Wildman–Crippen MR) is 170 cm³/mol. The van der Waals surface area contributed by atoms with E-state index in [2.05, 4.69) is 30.9 Å².